The second-order valence-corrected chi connectivity index (χ2v) is 3.69. The molecule has 1 aromatic carbocycles. The van der Waals surface area contributed by atoms with E-state index in [2.05, 4.69) is 15.5 Å². The predicted octanol–water partition coefficient (Wildman–Crippen LogP) is 2.55. The molecule has 1 aromatic heterocycles. The summed E-state index contributed by atoms with van der Waals surface area (Å²) in [7, 11) is 1.82. The second kappa shape index (κ2) is 5.05. The Balaban J connectivity index is 2.33. The molecular formula is C12H14FN3O. The molecule has 0 radical (unpaired) electrons. The Bertz CT molecular complexity index is 494. The molecule has 90 valence electrons. The van der Waals surface area contributed by atoms with Crippen molar-refractivity contribution >= 4 is 0 Å². The van der Waals surface area contributed by atoms with Gasteiger partial charge in [-0.3, -0.25) is 0 Å². The second-order valence-electron chi connectivity index (χ2n) is 3.69. The minimum atomic E-state index is -0.350. The lowest BCUT2D eigenvalue weighted by Gasteiger charge is -2.06. The molecule has 2 rings (SSSR count). The number of benzene rings is 1. The highest BCUT2D eigenvalue weighted by atomic mass is 19.1. The van der Waals surface area contributed by atoms with Gasteiger partial charge in [0.15, 0.2) is 0 Å². The monoisotopic (exact) mass is 235 g/mol. The van der Waals surface area contributed by atoms with E-state index in [1.54, 1.807) is 18.2 Å². The van der Waals surface area contributed by atoms with Crippen molar-refractivity contribution in [2.75, 3.05) is 7.05 Å². The molecule has 0 spiro atoms. The summed E-state index contributed by atoms with van der Waals surface area (Å²) in [5.74, 6) is 0.414. The minimum absolute atomic E-state index is 0.00280. The van der Waals surface area contributed by atoms with Crippen molar-refractivity contribution in [3.63, 3.8) is 0 Å². The van der Waals surface area contributed by atoms with Crippen LogP contribution in [0.15, 0.2) is 28.8 Å². The van der Waals surface area contributed by atoms with E-state index < -0.39 is 0 Å². The summed E-state index contributed by atoms with van der Waals surface area (Å²) in [6.07, 6.45) is 0.829. The highest BCUT2D eigenvalue weighted by Crippen LogP contribution is 2.22. The van der Waals surface area contributed by atoms with Crippen molar-refractivity contribution in [2.45, 2.75) is 19.4 Å². The number of rotatable bonds is 4. The van der Waals surface area contributed by atoms with Gasteiger partial charge in [-0.2, -0.15) is 4.98 Å². The van der Waals surface area contributed by atoms with E-state index in [1.165, 1.54) is 6.07 Å². The summed E-state index contributed by atoms with van der Waals surface area (Å²) in [6, 6.07) is 6.37. The number of hydrogen-bond donors (Lipinski definition) is 1. The molecule has 1 heterocycles. The van der Waals surface area contributed by atoms with Crippen LogP contribution in [0.4, 0.5) is 4.39 Å². The fraction of sp³-hybridized carbons (Fsp3) is 0.333. The Labute approximate surface area is 98.8 Å². The first-order valence-corrected chi connectivity index (χ1v) is 5.52. The maximum atomic E-state index is 13.5. The molecule has 0 aliphatic rings. The first-order chi connectivity index (χ1) is 8.26. The van der Waals surface area contributed by atoms with Crippen LogP contribution in [0.25, 0.3) is 11.4 Å². The predicted molar refractivity (Wildman–Crippen MR) is 61.8 cm³/mol. The lowest BCUT2D eigenvalue weighted by molar-refractivity contribution is 0.334. The highest BCUT2D eigenvalue weighted by molar-refractivity contribution is 5.54. The molecule has 0 amide bonds. The maximum Gasteiger partial charge on any atom is 0.244 e. The van der Waals surface area contributed by atoms with E-state index in [9.17, 15) is 4.39 Å². The third-order valence-corrected chi connectivity index (χ3v) is 2.61. The van der Waals surface area contributed by atoms with Gasteiger partial charge in [-0.25, -0.2) is 4.39 Å². The molecule has 0 aliphatic heterocycles. The Morgan fingerprint density at radius 1 is 1.41 bits per heavy atom. The molecule has 0 fully saturated rings. The lowest BCUT2D eigenvalue weighted by atomic mass is 10.2. The zero-order valence-electron chi connectivity index (χ0n) is 9.77. The van der Waals surface area contributed by atoms with E-state index in [-0.39, 0.29) is 17.7 Å². The molecule has 1 unspecified atom stereocenters. The van der Waals surface area contributed by atoms with Gasteiger partial charge in [-0.15, -0.1) is 0 Å². The van der Waals surface area contributed by atoms with Gasteiger partial charge in [0, 0.05) is 0 Å². The standard InChI is InChI=1S/C12H14FN3O/c1-3-10(14-2)12-15-11(16-17-12)8-6-4-5-7-9(8)13/h4-7,10,14H,3H2,1-2H3. The number of halogens is 1. The topological polar surface area (TPSA) is 51.0 Å². The first kappa shape index (κ1) is 11.7. The molecule has 0 aliphatic carbocycles. The third kappa shape index (κ3) is 2.34. The van der Waals surface area contributed by atoms with Gasteiger partial charge in [0.2, 0.25) is 11.7 Å². The van der Waals surface area contributed by atoms with Gasteiger partial charge in [-0.05, 0) is 25.6 Å². The fourth-order valence-electron chi connectivity index (χ4n) is 1.63. The van der Waals surface area contributed by atoms with Crippen LogP contribution in [-0.2, 0) is 0 Å². The quantitative estimate of drug-likeness (QED) is 0.884. The van der Waals surface area contributed by atoms with Crippen LogP contribution >= 0.6 is 0 Å². The number of nitrogens with zero attached hydrogens (tertiary/aromatic N) is 2. The third-order valence-electron chi connectivity index (χ3n) is 2.61. The van der Waals surface area contributed by atoms with Crippen molar-refractivity contribution in [1.82, 2.24) is 15.5 Å². The molecule has 1 N–H and O–H groups in total. The maximum absolute atomic E-state index is 13.5. The summed E-state index contributed by atoms with van der Waals surface area (Å²) in [5.41, 5.74) is 0.355. The van der Waals surface area contributed by atoms with E-state index in [4.69, 9.17) is 4.52 Å². The average Bonchev–Trinajstić information content (AvgIpc) is 2.81. The Morgan fingerprint density at radius 3 is 2.82 bits per heavy atom. The summed E-state index contributed by atoms with van der Waals surface area (Å²) in [5, 5.41) is 6.86. The van der Waals surface area contributed by atoms with Crippen LogP contribution < -0.4 is 5.32 Å². The van der Waals surface area contributed by atoms with Gasteiger partial charge in [0.25, 0.3) is 0 Å². The number of aromatic nitrogens is 2. The van der Waals surface area contributed by atoms with Gasteiger partial charge in [0.1, 0.15) is 5.82 Å². The van der Waals surface area contributed by atoms with E-state index in [0.717, 1.165) is 6.42 Å². The largest absolute Gasteiger partial charge is 0.337 e. The van der Waals surface area contributed by atoms with Gasteiger partial charge >= 0.3 is 0 Å². The molecule has 2 aromatic rings. The van der Waals surface area contributed by atoms with Crippen molar-refractivity contribution in [3.05, 3.63) is 36.0 Å². The van der Waals surface area contributed by atoms with Crippen molar-refractivity contribution < 1.29 is 8.91 Å². The van der Waals surface area contributed by atoms with Crippen LogP contribution in [0.3, 0.4) is 0 Å². The zero-order chi connectivity index (χ0) is 12.3. The minimum Gasteiger partial charge on any atom is -0.337 e. The molecule has 0 saturated heterocycles. The molecule has 17 heavy (non-hydrogen) atoms. The molecule has 5 heteroatoms. The van der Waals surface area contributed by atoms with Crippen molar-refractivity contribution in [2.24, 2.45) is 0 Å². The normalized spacial score (nSPS) is 12.6. The van der Waals surface area contributed by atoms with Crippen LogP contribution in [-0.4, -0.2) is 17.2 Å². The Kier molecular flexibility index (Phi) is 3.49. The summed E-state index contributed by atoms with van der Waals surface area (Å²) >= 11 is 0. The Hall–Kier alpha value is -1.75. The van der Waals surface area contributed by atoms with Crippen molar-refractivity contribution in [3.8, 4) is 11.4 Å². The van der Waals surface area contributed by atoms with Crippen molar-refractivity contribution in [1.29, 1.82) is 0 Å². The molecular weight excluding hydrogens is 221 g/mol. The zero-order valence-corrected chi connectivity index (χ0v) is 9.77. The van der Waals surface area contributed by atoms with Crippen LogP contribution in [0, 0.1) is 5.82 Å². The fourth-order valence-corrected chi connectivity index (χ4v) is 1.63. The van der Waals surface area contributed by atoms with Crippen LogP contribution in [0.1, 0.15) is 25.3 Å². The smallest absolute Gasteiger partial charge is 0.244 e. The SMILES string of the molecule is CCC(NC)c1nc(-c2ccccc2F)no1. The Morgan fingerprint density at radius 2 is 2.18 bits per heavy atom. The van der Waals surface area contributed by atoms with E-state index in [0.29, 0.717) is 11.5 Å². The van der Waals surface area contributed by atoms with E-state index >= 15 is 0 Å². The van der Waals surface area contributed by atoms with Crippen LogP contribution in [0.5, 0.6) is 0 Å². The summed E-state index contributed by atoms with van der Waals surface area (Å²) in [4.78, 5) is 4.20. The van der Waals surface area contributed by atoms with Crippen LogP contribution in [0.2, 0.25) is 0 Å². The highest BCUT2D eigenvalue weighted by Gasteiger charge is 2.17. The number of nitrogens with one attached hydrogen (secondary N) is 1. The molecule has 4 nitrogen and oxygen atoms in total. The lowest BCUT2D eigenvalue weighted by Crippen LogP contribution is -2.15. The average molecular weight is 235 g/mol. The molecule has 0 saturated carbocycles. The molecule has 0 bridgehead atoms. The van der Waals surface area contributed by atoms with Gasteiger partial charge in [0.05, 0.1) is 11.6 Å². The molecule has 1 atom stereocenters. The van der Waals surface area contributed by atoms with Gasteiger partial charge in [-0.1, -0.05) is 24.2 Å². The summed E-state index contributed by atoms with van der Waals surface area (Å²) < 4.78 is 18.6. The van der Waals surface area contributed by atoms with Gasteiger partial charge < -0.3 is 9.84 Å². The summed E-state index contributed by atoms with van der Waals surface area (Å²) in [6.45, 7) is 2.01. The van der Waals surface area contributed by atoms with E-state index in [1.807, 2.05) is 14.0 Å². The first-order valence-electron chi connectivity index (χ1n) is 5.52. The number of hydrogen-bond acceptors (Lipinski definition) is 4.